The zero-order chi connectivity index (χ0) is 19.2. The molecule has 5 nitrogen and oxygen atoms in total. The Hall–Kier alpha value is -2.12. The number of amides is 1. The first kappa shape index (κ1) is 19.6. The smallest absolute Gasteiger partial charge is 0.251 e. The Bertz CT molecular complexity index is 923. The van der Waals surface area contributed by atoms with Gasteiger partial charge in [-0.1, -0.05) is 28.1 Å². The fraction of sp³-hybridized carbons (Fsp3) is 0.200. The predicted octanol–water partition coefficient (Wildman–Crippen LogP) is 4.94. The number of aryl methyl sites for hydroxylation is 1. The van der Waals surface area contributed by atoms with Gasteiger partial charge in [0.05, 0.1) is 22.9 Å². The van der Waals surface area contributed by atoms with E-state index in [9.17, 15) is 4.79 Å². The molecule has 0 saturated carbocycles. The van der Waals surface area contributed by atoms with E-state index < -0.39 is 0 Å². The molecule has 0 aliphatic heterocycles. The maximum atomic E-state index is 12.5. The largest absolute Gasteiger partial charge is 0.489 e. The van der Waals surface area contributed by atoms with Crippen molar-refractivity contribution < 1.29 is 9.53 Å². The summed E-state index contributed by atoms with van der Waals surface area (Å²) < 4.78 is 9.52. The minimum absolute atomic E-state index is 0.128. The minimum atomic E-state index is -0.128. The van der Waals surface area contributed by atoms with E-state index in [1.54, 1.807) is 12.3 Å². The average molecular weight is 493 g/mol. The third kappa shape index (κ3) is 5.20. The highest BCUT2D eigenvalue weighted by atomic mass is 79.9. The van der Waals surface area contributed by atoms with Gasteiger partial charge < -0.3 is 10.1 Å². The fourth-order valence-electron chi connectivity index (χ4n) is 2.60. The van der Waals surface area contributed by atoms with E-state index >= 15 is 0 Å². The monoisotopic (exact) mass is 491 g/mol. The lowest BCUT2D eigenvalue weighted by Gasteiger charge is -2.10. The molecular weight excluding hydrogens is 474 g/mol. The second-order valence-electron chi connectivity index (χ2n) is 5.88. The normalized spacial score (nSPS) is 10.6. The van der Waals surface area contributed by atoms with Crippen LogP contribution in [0.2, 0.25) is 0 Å². The summed E-state index contributed by atoms with van der Waals surface area (Å²) in [6.45, 7) is 3.57. The molecule has 140 valence electrons. The SMILES string of the molecule is CCn1ncc(Br)c1CNC(=O)c1cccc(COc2ccc(Br)cc2)c1. The van der Waals surface area contributed by atoms with Crippen molar-refractivity contribution in [2.24, 2.45) is 0 Å². The van der Waals surface area contributed by atoms with Gasteiger partial charge in [-0.15, -0.1) is 0 Å². The van der Waals surface area contributed by atoms with E-state index in [0.717, 1.165) is 32.5 Å². The first-order chi connectivity index (χ1) is 13.1. The number of rotatable bonds is 7. The van der Waals surface area contributed by atoms with Crippen LogP contribution in [0.1, 0.15) is 28.5 Å². The topological polar surface area (TPSA) is 56.2 Å². The second kappa shape index (κ2) is 9.19. The van der Waals surface area contributed by atoms with Crippen LogP contribution in [0.4, 0.5) is 0 Å². The van der Waals surface area contributed by atoms with Crippen LogP contribution in [-0.2, 0) is 19.7 Å². The number of benzene rings is 2. The Kier molecular flexibility index (Phi) is 6.68. The number of hydrogen-bond donors (Lipinski definition) is 1. The van der Waals surface area contributed by atoms with E-state index in [1.165, 1.54) is 0 Å². The third-order valence-electron chi connectivity index (χ3n) is 4.02. The van der Waals surface area contributed by atoms with Crippen LogP contribution in [0.25, 0.3) is 0 Å². The van der Waals surface area contributed by atoms with Crippen molar-refractivity contribution in [1.29, 1.82) is 0 Å². The molecule has 0 spiro atoms. The number of aromatic nitrogens is 2. The number of carbonyl (C=O) groups excluding carboxylic acids is 1. The standard InChI is InChI=1S/C20H19Br2N3O2/c1-2-25-19(18(22)11-24-25)12-23-20(26)15-5-3-4-14(10-15)13-27-17-8-6-16(21)7-9-17/h3-11H,2,12-13H2,1H3,(H,23,26). The van der Waals surface area contributed by atoms with Crippen LogP contribution in [0.5, 0.6) is 5.75 Å². The Balaban J connectivity index is 1.61. The molecule has 0 fully saturated rings. The average Bonchev–Trinajstić information content (AvgIpc) is 3.05. The highest BCUT2D eigenvalue weighted by molar-refractivity contribution is 9.10. The van der Waals surface area contributed by atoms with Gasteiger partial charge in [0.25, 0.3) is 5.91 Å². The van der Waals surface area contributed by atoms with E-state index in [-0.39, 0.29) is 5.91 Å². The molecule has 3 rings (SSSR count). The molecule has 27 heavy (non-hydrogen) atoms. The van der Waals surface area contributed by atoms with Crippen LogP contribution in [0.15, 0.2) is 63.7 Å². The summed E-state index contributed by atoms with van der Waals surface area (Å²) in [6, 6.07) is 15.1. The Morgan fingerprint density at radius 2 is 1.96 bits per heavy atom. The van der Waals surface area contributed by atoms with E-state index in [4.69, 9.17) is 4.74 Å². The summed E-state index contributed by atoms with van der Waals surface area (Å²) in [4.78, 5) is 12.5. The molecule has 0 unspecified atom stereocenters. The fourth-order valence-corrected chi connectivity index (χ4v) is 3.30. The number of carbonyl (C=O) groups is 1. The highest BCUT2D eigenvalue weighted by Gasteiger charge is 2.11. The molecule has 1 aromatic heterocycles. The maximum Gasteiger partial charge on any atom is 0.251 e. The first-order valence-electron chi connectivity index (χ1n) is 8.52. The summed E-state index contributed by atoms with van der Waals surface area (Å²) >= 11 is 6.87. The summed E-state index contributed by atoms with van der Waals surface area (Å²) in [6.07, 6.45) is 1.74. The summed E-state index contributed by atoms with van der Waals surface area (Å²) in [5.74, 6) is 0.655. The zero-order valence-corrected chi connectivity index (χ0v) is 18.0. The van der Waals surface area contributed by atoms with Gasteiger partial charge in [-0.3, -0.25) is 9.48 Å². The molecule has 0 radical (unpaired) electrons. The lowest BCUT2D eigenvalue weighted by Crippen LogP contribution is -2.24. The van der Waals surface area contributed by atoms with Crippen molar-refractivity contribution in [2.75, 3.05) is 0 Å². The maximum absolute atomic E-state index is 12.5. The van der Waals surface area contributed by atoms with Gasteiger partial charge in [0.1, 0.15) is 12.4 Å². The van der Waals surface area contributed by atoms with Gasteiger partial charge >= 0.3 is 0 Å². The minimum Gasteiger partial charge on any atom is -0.489 e. The van der Waals surface area contributed by atoms with Crippen molar-refractivity contribution in [3.8, 4) is 5.75 Å². The molecule has 0 aliphatic carbocycles. The van der Waals surface area contributed by atoms with Crippen LogP contribution in [-0.4, -0.2) is 15.7 Å². The number of hydrogen-bond acceptors (Lipinski definition) is 3. The third-order valence-corrected chi connectivity index (χ3v) is 5.21. The second-order valence-corrected chi connectivity index (χ2v) is 7.65. The van der Waals surface area contributed by atoms with Crippen LogP contribution < -0.4 is 10.1 Å². The number of ether oxygens (including phenoxy) is 1. The van der Waals surface area contributed by atoms with Gasteiger partial charge in [-0.2, -0.15) is 5.10 Å². The first-order valence-corrected chi connectivity index (χ1v) is 10.1. The van der Waals surface area contributed by atoms with Crippen molar-refractivity contribution in [1.82, 2.24) is 15.1 Å². The summed E-state index contributed by atoms with van der Waals surface area (Å²) in [7, 11) is 0. The molecule has 0 atom stereocenters. The predicted molar refractivity (Wildman–Crippen MR) is 112 cm³/mol. The van der Waals surface area contributed by atoms with E-state index in [2.05, 4.69) is 42.3 Å². The van der Waals surface area contributed by atoms with Crippen molar-refractivity contribution in [3.05, 3.63) is 80.5 Å². The quantitative estimate of drug-likeness (QED) is 0.508. The van der Waals surface area contributed by atoms with Crippen molar-refractivity contribution >= 4 is 37.8 Å². The molecule has 0 aliphatic rings. The zero-order valence-electron chi connectivity index (χ0n) is 14.8. The van der Waals surface area contributed by atoms with Crippen LogP contribution in [0, 0.1) is 0 Å². The van der Waals surface area contributed by atoms with E-state index in [1.807, 2.05) is 54.1 Å². The van der Waals surface area contributed by atoms with Gasteiger partial charge in [0.15, 0.2) is 0 Å². The number of nitrogens with zero attached hydrogens (tertiary/aromatic N) is 2. The lowest BCUT2D eigenvalue weighted by molar-refractivity contribution is 0.0949. The van der Waals surface area contributed by atoms with E-state index in [0.29, 0.717) is 18.7 Å². The lowest BCUT2D eigenvalue weighted by atomic mass is 10.1. The molecular formula is C20H19Br2N3O2. The summed E-state index contributed by atoms with van der Waals surface area (Å²) in [5.41, 5.74) is 2.48. The molecule has 1 N–H and O–H groups in total. The van der Waals surface area contributed by atoms with Crippen molar-refractivity contribution in [3.63, 3.8) is 0 Å². The molecule has 1 heterocycles. The van der Waals surface area contributed by atoms with Crippen LogP contribution >= 0.6 is 31.9 Å². The molecule has 0 saturated heterocycles. The number of halogens is 2. The molecule has 3 aromatic rings. The molecule has 7 heteroatoms. The van der Waals surface area contributed by atoms with Crippen LogP contribution in [0.3, 0.4) is 0 Å². The molecule has 1 amide bonds. The van der Waals surface area contributed by atoms with Gasteiger partial charge in [0, 0.05) is 16.6 Å². The number of nitrogens with one attached hydrogen (secondary N) is 1. The molecule has 2 aromatic carbocycles. The summed E-state index contributed by atoms with van der Waals surface area (Å²) in [5, 5.41) is 7.20. The Morgan fingerprint density at radius 3 is 2.70 bits per heavy atom. The van der Waals surface area contributed by atoms with Gasteiger partial charge in [0.2, 0.25) is 0 Å². The van der Waals surface area contributed by atoms with Gasteiger partial charge in [-0.25, -0.2) is 0 Å². The van der Waals surface area contributed by atoms with Gasteiger partial charge in [-0.05, 0) is 64.8 Å². The Labute approximate surface area is 175 Å². The van der Waals surface area contributed by atoms with Crippen molar-refractivity contribution in [2.45, 2.75) is 26.6 Å². The highest BCUT2D eigenvalue weighted by Crippen LogP contribution is 2.18. The molecule has 0 bridgehead atoms. The Morgan fingerprint density at radius 1 is 1.19 bits per heavy atom.